The maximum absolute atomic E-state index is 13.3. The Morgan fingerprint density at radius 2 is 1.90 bits per heavy atom. The van der Waals surface area contributed by atoms with Gasteiger partial charge in [-0.15, -0.1) is 0 Å². The van der Waals surface area contributed by atoms with Crippen molar-refractivity contribution >= 4 is 12.0 Å². The van der Waals surface area contributed by atoms with Crippen LogP contribution in [0, 0.1) is 6.92 Å². The summed E-state index contributed by atoms with van der Waals surface area (Å²) in [6, 6.07) is 13.3. The van der Waals surface area contributed by atoms with Crippen molar-refractivity contribution in [2.24, 2.45) is 0 Å². The average Bonchev–Trinajstić information content (AvgIpc) is 3.10. The lowest BCUT2D eigenvalue weighted by atomic mass is 10.0. The van der Waals surface area contributed by atoms with Crippen molar-refractivity contribution < 1.29 is 14.3 Å². The summed E-state index contributed by atoms with van der Waals surface area (Å²) in [4.78, 5) is 27.3. The Balaban J connectivity index is 1.80. The standard InChI is InChI=1S/C23H31N3O3/c1-4-9-20-21-13-12-17(3)25(21)14-15-26(20)23(28)24-19(16-22(27)29-5-2)18-10-7-6-8-11-18/h6-8,10-13,19-20H,4-5,9,14-16H2,1-3H3,(H,24,28)/t19-,20+/m1/s1. The molecule has 0 fully saturated rings. The first kappa shape index (κ1) is 21.0. The Morgan fingerprint density at radius 3 is 2.59 bits per heavy atom. The van der Waals surface area contributed by atoms with E-state index in [9.17, 15) is 9.59 Å². The molecule has 0 saturated heterocycles. The molecular formula is C23H31N3O3. The molecule has 0 unspecified atom stereocenters. The van der Waals surface area contributed by atoms with Crippen molar-refractivity contribution in [3.8, 4) is 0 Å². The van der Waals surface area contributed by atoms with Crippen LogP contribution < -0.4 is 5.32 Å². The lowest BCUT2D eigenvalue weighted by molar-refractivity contribution is -0.143. The summed E-state index contributed by atoms with van der Waals surface area (Å²) < 4.78 is 7.43. The Kier molecular flexibility index (Phi) is 6.96. The molecule has 1 aromatic carbocycles. The maximum atomic E-state index is 13.3. The van der Waals surface area contributed by atoms with E-state index in [-0.39, 0.29) is 24.5 Å². The minimum Gasteiger partial charge on any atom is -0.466 e. The highest BCUT2D eigenvalue weighted by atomic mass is 16.5. The van der Waals surface area contributed by atoms with Crippen LogP contribution in [0.5, 0.6) is 0 Å². The number of benzene rings is 1. The molecule has 0 aliphatic carbocycles. The molecule has 2 heterocycles. The Morgan fingerprint density at radius 1 is 1.14 bits per heavy atom. The van der Waals surface area contributed by atoms with Crippen molar-refractivity contribution in [2.75, 3.05) is 13.2 Å². The summed E-state index contributed by atoms with van der Waals surface area (Å²) in [5, 5.41) is 3.10. The summed E-state index contributed by atoms with van der Waals surface area (Å²) in [5.41, 5.74) is 3.32. The van der Waals surface area contributed by atoms with Gasteiger partial charge in [-0.25, -0.2) is 4.79 Å². The predicted molar refractivity (Wildman–Crippen MR) is 112 cm³/mol. The average molecular weight is 398 g/mol. The van der Waals surface area contributed by atoms with Crippen molar-refractivity contribution in [1.29, 1.82) is 0 Å². The molecule has 1 aliphatic rings. The summed E-state index contributed by atoms with van der Waals surface area (Å²) in [6.07, 6.45) is 2.01. The van der Waals surface area contributed by atoms with E-state index in [4.69, 9.17) is 4.74 Å². The number of urea groups is 1. The van der Waals surface area contributed by atoms with Crippen molar-refractivity contribution in [3.05, 3.63) is 59.4 Å². The SMILES string of the molecule is CCC[C@H]1c2ccc(C)n2CCN1C(=O)N[C@H](CC(=O)OCC)c1ccccc1. The largest absolute Gasteiger partial charge is 0.466 e. The first-order valence-corrected chi connectivity index (χ1v) is 10.5. The molecule has 0 saturated carbocycles. The third-order valence-electron chi connectivity index (χ3n) is 5.51. The number of aryl methyl sites for hydroxylation is 1. The van der Waals surface area contributed by atoms with Gasteiger partial charge in [0.2, 0.25) is 0 Å². The fraction of sp³-hybridized carbons (Fsp3) is 0.478. The minimum absolute atomic E-state index is 0.0430. The van der Waals surface area contributed by atoms with Crippen LogP contribution in [0.25, 0.3) is 0 Å². The molecule has 2 atom stereocenters. The molecule has 1 aromatic heterocycles. The van der Waals surface area contributed by atoms with E-state index in [2.05, 4.69) is 35.9 Å². The summed E-state index contributed by atoms with van der Waals surface area (Å²) >= 11 is 0. The van der Waals surface area contributed by atoms with Crippen LogP contribution in [0.4, 0.5) is 4.79 Å². The van der Waals surface area contributed by atoms with Gasteiger partial charge in [0.25, 0.3) is 0 Å². The van der Waals surface area contributed by atoms with Crippen molar-refractivity contribution in [3.63, 3.8) is 0 Å². The van der Waals surface area contributed by atoms with Gasteiger partial charge in [-0.2, -0.15) is 0 Å². The molecule has 1 N–H and O–H groups in total. The van der Waals surface area contributed by atoms with Crippen LogP contribution in [0.2, 0.25) is 0 Å². The number of fused-ring (bicyclic) bond motifs is 1. The molecule has 3 rings (SSSR count). The fourth-order valence-electron chi connectivity index (χ4n) is 4.09. The van der Waals surface area contributed by atoms with Gasteiger partial charge in [-0.05, 0) is 38.0 Å². The topological polar surface area (TPSA) is 63.6 Å². The van der Waals surface area contributed by atoms with Crippen LogP contribution in [0.3, 0.4) is 0 Å². The molecule has 2 aromatic rings. The molecule has 29 heavy (non-hydrogen) atoms. The second kappa shape index (κ2) is 9.63. The number of aromatic nitrogens is 1. The number of carbonyl (C=O) groups excluding carboxylic acids is 2. The normalized spacial score (nSPS) is 16.8. The number of hydrogen-bond acceptors (Lipinski definition) is 3. The molecule has 0 spiro atoms. The van der Waals surface area contributed by atoms with E-state index >= 15 is 0 Å². The number of esters is 1. The van der Waals surface area contributed by atoms with Crippen LogP contribution in [-0.2, 0) is 16.1 Å². The molecule has 6 nitrogen and oxygen atoms in total. The zero-order chi connectivity index (χ0) is 20.8. The first-order chi connectivity index (χ1) is 14.0. The van der Waals surface area contributed by atoms with E-state index in [0.29, 0.717) is 13.2 Å². The number of amides is 2. The van der Waals surface area contributed by atoms with Gasteiger partial charge in [0.15, 0.2) is 0 Å². The Hall–Kier alpha value is -2.76. The highest BCUT2D eigenvalue weighted by Gasteiger charge is 2.32. The number of rotatable bonds is 7. The molecule has 156 valence electrons. The number of ether oxygens (including phenoxy) is 1. The van der Waals surface area contributed by atoms with Gasteiger partial charge in [-0.1, -0.05) is 43.7 Å². The zero-order valence-corrected chi connectivity index (χ0v) is 17.6. The number of hydrogen-bond donors (Lipinski definition) is 1. The lowest BCUT2D eigenvalue weighted by Crippen LogP contribution is -2.48. The fourth-order valence-corrected chi connectivity index (χ4v) is 4.09. The third-order valence-corrected chi connectivity index (χ3v) is 5.51. The molecule has 6 heteroatoms. The molecule has 0 bridgehead atoms. The van der Waals surface area contributed by atoms with Gasteiger partial charge in [0.1, 0.15) is 0 Å². The van der Waals surface area contributed by atoms with Gasteiger partial charge in [0.05, 0.1) is 25.1 Å². The lowest BCUT2D eigenvalue weighted by Gasteiger charge is -2.38. The van der Waals surface area contributed by atoms with Crippen molar-refractivity contribution in [2.45, 2.75) is 58.7 Å². The number of nitrogens with zero attached hydrogens (tertiary/aromatic N) is 2. The van der Waals surface area contributed by atoms with Gasteiger partial charge in [-0.3, -0.25) is 4.79 Å². The van der Waals surface area contributed by atoms with Gasteiger partial charge in [0, 0.05) is 24.5 Å². The van der Waals surface area contributed by atoms with Crippen molar-refractivity contribution in [1.82, 2.24) is 14.8 Å². The summed E-state index contributed by atoms with van der Waals surface area (Å²) in [7, 11) is 0. The quantitative estimate of drug-likeness (QED) is 0.706. The first-order valence-electron chi connectivity index (χ1n) is 10.5. The third kappa shape index (κ3) is 4.81. The Labute approximate surface area is 172 Å². The second-order valence-electron chi connectivity index (χ2n) is 7.47. The van der Waals surface area contributed by atoms with Crippen LogP contribution in [0.1, 0.15) is 62.1 Å². The smallest absolute Gasteiger partial charge is 0.318 e. The zero-order valence-electron chi connectivity index (χ0n) is 17.6. The van der Waals surface area contributed by atoms with E-state index in [0.717, 1.165) is 24.9 Å². The summed E-state index contributed by atoms with van der Waals surface area (Å²) in [5.74, 6) is -0.310. The second-order valence-corrected chi connectivity index (χ2v) is 7.47. The predicted octanol–water partition coefficient (Wildman–Crippen LogP) is 4.36. The molecular weight excluding hydrogens is 366 g/mol. The van der Waals surface area contributed by atoms with Gasteiger partial charge < -0.3 is 19.5 Å². The highest BCUT2D eigenvalue weighted by Crippen LogP contribution is 2.32. The van der Waals surface area contributed by atoms with Gasteiger partial charge >= 0.3 is 12.0 Å². The molecule has 1 aliphatic heterocycles. The number of nitrogens with one attached hydrogen (secondary N) is 1. The van der Waals surface area contributed by atoms with E-state index in [1.54, 1.807) is 6.92 Å². The minimum atomic E-state index is -0.416. The van der Waals surface area contributed by atoms with Crippen LogP contribution in [-0.4, -0.2) is 34.6 Å². The Bertz CT molecular complexity index is 831. The van der Waals surface area contributed by atoms with Crippen LogP contribution >= 0.6 is 0 Å². The molecule has 0 radical (unpaired) electrons. The van der Waals surface area contributed by atoms with Crippen LogP contribution in [0.15, 0.2) is 42.5 Å². The van der Waals surface area contributed by atoms with E-state index in [1.807, 2.05) is 35.2 Å². The molecule has 2 amide bonds. The maximum Gasteiger partial charge on any atom is 0.318 e. The monoisotopic (exact) mass is 397 g/mol. The van der Waals surface area contributed by atoms with E-state index < -0.39 is 6.04 Å². The van der Waals surface area contributed by atoms with E-state index in [1.165, 1.54) is 11.4 Å². The highest BCUT2D eigenvalue weighted by molar-refractivity contribution is 5.77. The number of carbonyl (C=O) groups is 2. The summed E-state index contributed by atoms with van der Waals surface area (Å²) in [6.45, 7) is 7.80.